The van der Waals surface area contributed by atoms with Crippen molar-refractivity contribution in [3.05, 3.63) is 0 Å². The molecule has 1 aromatic rings. The molecule has 0 bridgehead atoms. The maximum atomic E-state index is 5.78. The second kappa shape index (κ2) is 5.08. The van der Waals surface area contributed by atoms with E-state index in [4.69, 9.17) is 5.73 Å². The molecule has 0 saturated carbocycles. The van der Waals surface area contributed by atoms with Crippen LogP contribution in [0.5, 0.6) is 0 Å². The molecule has 92 valence electrons. The summed E-state index contributed by atoms with van der Waals surface area (Å²) < 4.78 is 1.98. The van der Waals surface area contributed by atoms with E-state index >= 15 is 0 Å². The van der Waals surface area contributed by atoms with Gasteiger partial charge in [0.25, 0.3) is 0 Å². The molecule has 5 heteroatoms. The van der Waals surface area contributed by atoms with Gasteiger partial charge in [0, 0.05) is 11.8 Å². The molecule has 0 radical (unpaired) electrons. The fraction of sp³-hybridized carbons (Fsp3) is 0.818. The Hall–Kier alpha value is -0.710. The first-order valence-corrected chi connectivity index (χ1v) is 6.63. The minimum atomic E-state index is 0.312. The van der Waals surface area contributed by atoms with E-state index in [0.717, 1.165) is 17.3 Å². The van der Waals surface area contributed by atoms with Crippen LogP contribution in [0.2, 0.25) is 0 Å². The highest BCUT2D eigenvalue weighted by atomic mass is 32.2. The van der Waals surface area contributed by atoms with Gasteiger partial charge < -0.3 is 5.73 Å². The maximum absolute atomic E-state index is 5.78. The third kappa shape index (κ3) is 3.70. The third-order valence-electron chi connectivity index (χ3n) is 2.29. The summed E-state index contributed by atoms with van der Waals surface area (Å²) in [6.07, 6.45) is 1.16. The molecule has 0 spiro atoms. The molecule has 1 heterocycles. The average molecular weight is 242 g/mol. The van der Waals surface area contributed by atoms with E-state index in [2.05, 4.69) is 44.8 Å². The van der Waals surface area contributed by atoms with Crippen molar-refractivity contribution in [2.24, 2.45) is 5.41 Å². The first-order chi connectivity index (χ1) is 7.31. The summed E-state index contributed by atoms with van der Waals surface area (Å²) in [6, 6.07) is 0.312. The van der Waals surface area contributed by atoms with Crippen molar-refractivity contribution in [2.75, 3.05) is 11.5 Å². The number of nitrogens with two attached hydrogens (primary N) is 1. The largest absolute Gasteiger partial charge is 0.368 e. The Kier molecular flexibility index (Phi) is 4.24. The normalized spacial score (nSPS) is 12.4. The fourth-order valence-corrected chi connectivity index (χ4v) is 2.76. The summed E-state index contributed by atoms with van der Waals surface area (Å²) in [7, 11) is 0. The Morgan fingerprint density at radius 1 is 1.31 bits per heavy atom. The van der Waals surface area contributed by atoms with Gasteiger partial charge in [-0.1, -0.05) is 32.5 Å². The molecule has 0 atom stereocenters. The third-order valence-corrected chi connectivity index (χ3v) is 3.24. The summed E-state index contributed by atoms with van der Waals surface area (Å²) in [5.41, 5.74) is 6.14. The predicted molar refractivity (Wildman–Crippen MR) is 69.6 cm³/mol. The monoisotopic (exact) mass is 242 g/mol. The molecular weight excluding hydrogens is 220 g/mol. The smallest absolute Gasteiger partial charge is 0.222 e. The first-order valence-electron chi connectivity index (χ1n) is 5.64. The summed E-state index contributed by atoms with van der Waals surface area (Å²) in [4.78, 5) is 0. The molecule has 0 amide bonds. The van der Waals surface area contributed by atoms with Gasteiger partial charge in [-0.2, -0.15) is 0 Å². The quantitative estimate of drug-likeness (QED) is 0.825. The number of hydrogen-bond donors (Lipinski definition) is 1. The zero-order chi connectivity index (χ0) is 12.3. The molecule has 0 aliphatic carbocycles. The summed E-state index contributed by atoms with van der Waals surface area (Å²) in [5.74, 6) is 1.56. The highest BCUT2D eigenvalue weighted by Crippen LogP contribution is 2.27. The SMILES string of the molecule is CC(C)n1c(N)nnc1SCCC(C)(C)C. The lowest BCUT2D eigenvalue weighted by atomic mass is 9.94. The van der Waals surface area contributed by atoms with Crippen LogP contribution < -0.4 is 5.73 Å². The van der Waals surface area contributed by atoms with E-state index < -0.39 is 0 Å². The van der Waals surface area contributed by atoms with Crippen LogP contribution in [0.3, 0.4) is 0 Å². The number of nitrogens with zero attached hydrogens (tertiary/aromatic N) is 3. The topological polar surface area (TPSA) is 56.7 Å². The molecule has 16 heavy (non-hydrogen) atoms. The van der Waals surface area contributed by atoms with E-state index in [-0.39, 0.29) is 0 Å². The van der Waals surface area contributed by atoms with Gasteiger partial charge >= 0.3 is 0 Å². The second-order valence-corrected chi connectivity index (χ2v) is 6.53. The lowest BCUT2D eigenvalue weighted by molar-refractivity contribution is 0.401. The number of aromatic nitrogens is 3. The number of nitrogen functional groups attached to an aromatic ring is 1. The van der Waals surface area contributed by atoms with Crippen LogP contribution in [-0.4, -0.2) is 20.5 Å². The number of thioether (sulfide) groups is 1. The van der Waals surface area contributed by atoms with Crippen LogP contribution in [0.4, 0.5) is 5.95 Å². The van der Waals surface area contributed by atoms with Crippen LogP contribution >= 0.6 is 11.8 Å². The molecular formula is C11H22N4S. The molecule has 1 rings (SSSR count). The zero-order valence-electron chi connectivity index (χ0n) is 10.8. The summed E-state index contributed by atoms with van der Waals surface area (Å²) in [5, 5.41) is 8.96. The summed E-state index contributed by atoms with van der Waals surface area (Å²) in [6.45, 7) is 10.9. The van der Waals surface area contributed by atoms with Gasteiger partial charge in [0.1, 0.15) is 0 Å². The Morgan fingerprint density at radius 3 is 2.44 bits per heavy atom. The molecule has 0 fully saturated rings. The van der Waals surface area contributed by atoms with Crippen molar-refractivity contribution in [1.82, 2.24) is 14.8 Å². The Balaban J connectivity index is 2.61. The number of rotatable bonds is 4. The molecule has 0 unspecified atom stereocenters. The van der Waals surface area contributed by atoms with E-state index in [1.165, 1.54) is 0 Å². The highest BCUT2D eigenvalue weighted by Gasteiger charge is 2.15. The van der Waals surface area contributed by atoms with Crippen LogP contribution in [0.1, 0.15) is 47.1 Å². The van der Waals surface area contributed by atoms with Crippen molar-refractivity contribution in [2.45, 2.75) is 52.2 Å². The van der Waals surface area contributed by atoms with E-state index in [1.807, 2.05) is 4.57 Å². The second-order valence-electron chi connectivity index (χ2n) is 5.46. The number of anilines is 1. The Labute approximate surface area is 102 Å². The van der Waals surface area contributed by atoms with Gasteiger partial charge in [0.05, 0.1) is 0 Å². The van der Waals surface area contributed by atoms with Crippen LogP contribution in [-0.2, 0) is 0 Å². The standard InChI is InChI=1S/C11H22N4S/c1-8(2)15-9(12)13-14-10(15)16-7-6-11(3,4)5/h8H,6-7H2,1-5H3,(H2,12,13). The van der Waals surface area contributed by atoms with Crippen molar-refractivity contribution in [3.8, 4) is 0 Å². The maximum Gasteiger partial charge on any atom is 0.222 e. The van der Waals surface area contributed by atoms with Gasteiger partial charge in [-0.3, -0.25) is 4.57 Å². The van der Waals surface area contributed by atoms with Crippen LogP contribution in [0.15, 0.2) is 5.16 Å². The molecule has 4 nitrogen and oxygen atoms in total. The van der Waals surface area contributed by atoms with Crippen molar-refractivity contribution in [3.63, 3.8) is 0 Å². The van der Waals surface area contributed by atoms with Crippen molar-refractivity contribution < 1.29 is 0 Å². The van der Waals surface area contributed by atoms with Crippen LogP contribution in [0, 0.1) is 5.41 Å². The molecule has 0 saturated heterocycles. The van der Waals surface area contributed by atoms with Gasteiger partial charge in [0.15, 0.2) is 5.16 Å². The first kappa shape index (κ1) is 13.4. The predicted octanol–water partition coefficient (Wildman–Crippen LogP) is 2.97. The van der Waals surface area contributed by atoms with E-state index in [0.29, 0.717) is 17.4 Å². The zero-order valence-corrected chi connectivity index (χ0v) is 11.6. The lowest BCUT2D eigenvalue weighted by Crippen LogP contribution is -2.09. The minimum Gasteiger partial charge on any atom is -0.368 e. The highest BCUT2D eigenvalue weighted by molar-refractivity contribution is 7.99. The van der Waals surface area contributed by atoms with E-state index in [1.54, 1.807) is 11.8 Å². The molecule has 1 aromatic heterocycles. The molecule has 0 aromatic carbocycles. The van der Waals surface area contributed by atoms with Gasteiger partial charge in [-0.15, -0.1) is 10.2 Å². The fourth-order valence-electron chi connectivity index (χ4n) is 1.32. The van der Waals surface area contributed by atoms with Gasteiger partial charge in [-0.25, -0.2) is 0 Å². The average Bonchev–Trinajstić information content (AvgIpc) is 2.44. The van der Waals surface area contributed by atoms with E-state index in [9.17, 15) is 0 Å². The van der Waals surface area contributed by atoms with Gasteiger partial charge in [0.2, 0.25) is 5.95 Å². The number of hydrogen-bond acceptors (Lipinski definition) is 4. The Bertz CT molecular complexity index is 338. The molecule has 2 N–H and O–H groups in total. The molecule has 0 aliphatic heterocycles. The molecule has 0 aliphatic rings. The van der Waals surface area contributed by atoms with Crippen molar-refractivity contribution >= 4 is 17.7 Å². The van der Waals surface area contributed by atoms with Gasteiger partial charge in [-0.05, 0) is 25.7 Å². The van der Waals surface area contributed by atoms with Crippen LogP contribution in [0.25, 0.3) is 0 Å². The lowest BCUT2D eigenvalue weighted by Gasteiger charge is -2.17. The summed E-state index contributed by atoms with van der Waals surface area (Å²) >= 11 is 1.73. The van der Waals surface area contributed by atoms with Crippen molar-refractivity contribution in [1.29, 1.82) is 0 Å². The Morgan fingerprint density at radius 2 is 1.94 bits per heavy atom. The minimum absolute atomic E-state index is 0.312.